The maximum Gasteiger partial charge on any atom is 0.407 e. The van der Waals surface area contributed by atoms with Crippen molar-refractivity contribution < 1.29 is 33.0 Å². The third-order valence-electron chi connectivity index (χ3n) is 8.21. The van der Waals surface area contributed by atoms with Gasteiger partial charge in [-0.2, -0.15) is 9.65 Å². The highest BCUT2D eigenvalue weighted by Gasteiger charge is 2.28. The summed E-state index contributed by atoms with van der Waals surface area (Å²) in [7, 11) is 1.48. The molecule has 1 aliphatic rings. The van der Waals surface area contributed by atoms with Crippen molar-refractivity contribution >= 4 is 35.1 Å². The van der Waals surface area contributed by atoms with Gasteiger partial charge in [0, 0.05) is 68.4 Å². The third kappa shape index (κ3) is 7.27. The standard InChI is InChI=1S/C33H34F2N8O5/c1-20-18-22(4-5-23(20)32(45)42-14-8-21(9-15-42)31(44)38-11-3-13-41(2)33(46)47)40-29-30-39-19-25(43(30)16-12-37-29)24-6-7-26(48-17-10-36)28(35)27(24)34/h4-7,12,16,18-19,21H,3,8-9,11,13-15,17H2,1-2H3,(H,37,40)(H,38,44)(H,46,47). The number of imidazole rings is 1. The number of hydrogen-bond donors (Lipinski definition) is 3. The molecule has 1 aliphatic heterocycles. The molecule has 0 bridgehead atoms. The molecule has 2 aromatic carbocycles. The zero-order valence-corrected chi connectivity index (χ0v) is 26.4. The molecule has 48 heavy (non-hydrogen) atoms. The Morgan fingerprint density at radius 1 is 1.15 bits per heavy atom. The number of fused-ring (bicyclic) bond motifs is 1. The molecule has 250 valence electrons. The monoisotopic (exact) mass is 660 g/mol. The summed E-state index contributed by atoms with van der Waals surface area (Å²) < 4.78 is 36.1. The Labute approximate surface area is 274 Å². The predicted molar refractivity (Wildman–Crippen MR) is 171 cm³/mol. The lowest BCUT2D eigenvalue weighted by Crippen LogP contribution is -2.43. The minimum absolute atomic E-state index is 0.0501. The second-order valence-electron chi connectivity index (χ2n) is 11.4. The maximum absolute atomic E-state index is 15.0. The van der Waals surface area contributed by atoms with Crippen molar-refractivity contribution in [1.29, 1.82) is 5.26 Å². The maximum atomic E-state index is 15.0. The van der Waals surface area contributed by atoms with E-state index in [0.29, 0.717) is 68.2 Å². The number of nitrogens with zero attached hydrogens (tertiary/aromatic N) is 6. The van der Waals surface area contributed by atoms with E-state index in [9.17, 15) is 23.2 Å². The minimum Gasteiger partial charge on any atom is -0.476 e. The summed E-state index contributed by atoms with van der Waals surface area (Å²) in [5.74, 6) is -2.79. The van der Waals surface area contributed by atoms with Crippen LogP contribution in [0.15, 0.2) is 48.9 Å². The number of aromatic nitrogens is 3. The molecule has 3 amide bonds. The van der Waals surface area contributed by atoms with Gasteiger partial charge in [0.15, 0.2) is 29.6 Å². The second-order valence-corrected chi connectivity index (χ2v) is 11.4. The Hall–Kier alpha value is -5.78. The lowest BCUT2D eigenvalue weighted by molar-refractivity contribution is -0.126. The Morgan fingerprint density at radius 3 is 2.62 bits per heavy atom. The molecular weight excluding hydrogens is 626 g/mol. The van der Waals surface area contributed by atoms with E-state index in [4.69, 9.17) is 15.1 Å². The van der Waals surface area contributed by atoms with Crippen LogP contribution in [0.4, 0.5) is 25.1 Å². The number of carbonyl (C=O) groups excluding carboxylic acids is 2. The lowest BCUT2D eigenvalue weighted by atomic mass is 9.95. The third-order valence-corrected chi connectivity index (χ3v) is 8.21. The fourth-order valence-electron chi connectivity index (χ4n) is 5.56. The number of benzene rings is 2. The van der Waals surface area contributed by atoms with Gasteiger partial charge in [-0.15, -0.1) is 0 Å². The van der Waals surface area contributed by atoms with Crippen LogP contribution in [0.5, 0.6) is 5.75 Å². The van der Waals surface area contributed by atoms with Gasteiger partial charge in [0.25, 0.3) is 5.91 Å². The number of nitriles is 1. The van der Waals surface area contributed by atoms with E-state index < -0.39 is 24.3 Å². The molecule has 0 radical (unpaired) electrons. The average molecular weight is 661 g/mol. The number of carbonyl (C=O) groups is 3. The first kappa shape index (κ1) is 33.6. The van der Waals surface area contributed by atoms with Gasteiger partial charge in [-0.05, 0) is 62.1 Å². The van der Waals surface area contributed by atoms with Gasteiger partial charge < -0.3 is 30.3 Å². The van der Waals surface area contributed by atoms with Crippen LogP contribution in [0.2, 0.25) is 0 Å². The van der Waals surface area contributed by atoms with E-state index in [-0.39, 0.29) is 34.7 Å². The number of amides is 3. The number of hydrogen-bond acceptors (Lipinski definition) is 8. The largest absolute Gasteiger partial charge is 0.476 e. The zero-order valence-electron chi connectivity index (χ0n) is 26.4. The molecule has 15 heteroatoms. The van der Waals surface area contributed by atoms with Gasteiger partial charge in [0.2, 0.25) is 11.7 Å². The molecule has 0 spiro atoms. The highest BCUT2D eigenvalue weighted by Crippen LogP contribution is 2.32. The predicted octanol–water partition coefficient (Wildman–Crippen LogP) is 4.60. The molecule has 1 saturated heterocycles. The molecule has 13 nitrogen and oxygen atoms in total. The van der Waals surface area contributed by atoms with Gasteiger partial charge in [0.1, 0.15) is 6.07 Å². The number of rotatable bonds is 11. The van der Waals surface area contributed by atoms with E-state index in [2.05, 4.69) is 20.6 Å². The van der Waals surface area contributed by atoms with Crippen LogP contribution in [0.1, 0.15) is 35.2 Å². The van der Waals surface area contributed by atoms with Gasteiger partial charge in [-0.3, -0.25) is 14.0 Å². The zero-order chi connectivity index (χ0) is 34.4. The van der Waals surface area contributed by atoms with Gasteiger partial charge in [-0.25, -0.2) is 19.2 Å². The number of carboxylic acid groups (broad SMARTS) is 1. The molecule has 0 aliphatic carbocycles. The fraction of sp³-hybridized carbons (Fsp3) is 0.333. The minimum atomic E-state index is -1.21. The van der Waals surface area contributed by atoms with E-state index in [1.807, 2.05) is 6.92 Å². The van der Waals surface area contributed by atoms with E-state index in [1.165, 1.54) is 36.5 Å². The van der Waals surface area contributed by atoms with Crippen molar-refractivity contribution in [1.82, 2.24) is 29.5 Å². The molecule has 5 rings (SSSR count). The molecule has 4 aromatic rings. The summed E-state index contributed by atoms with van der Waals surface area (Å²) >= 11 is 0. The summed E-state index contributed by atoms with van der Waals surface area (Å²) in [4.78, 5) is 48.5. The van der Waals surface area contributed by atoms with Crippen molar-refractivity contribution in [3.05, 3.63) is 71.7 Å². The number of halogens is 2. The molecule has 0 saturated carbocycles. The van der Waals surface area contributed by atoms with Crippen LogP contribution in [0.3, 0.4) is 0 Å². The van der Waals surface area contributed by atoms with Crippen molar-refractivity contribution in [3.63, 3.8) is 0 Å². The molecule has 3 N–H and O–H groups in total. The first-order chi connectivity index (χ1) is 23.1. The molecule has 1 fully saturated rings. The Kier molecular flexibility index (Phi) is 10.3. The normalized spacial score (nSPS) is 13.2. The summed E-state index contributed by atoms with van der Waals surface area (Å²) in [5.41, 5.74) is 2.47. The van der Waals surface area contributed by atoms with E-state index >= 15 is 0 Å². The topological polar surface area (TPSA) is 165 Å². The van der Waals surface area contributed by atoms with Crippen molar-refractivity contribution in [2.24, 2.45) is 5.92 Å². The second kappa shape index (κ2) is 14.8. The van der Waals surface area contributed by atoms with Crippen LogP contribution in [0, 0.1) is 35.8 Å². The quantitative estimate of drug-likeness (QED) is 0.195. The Bertz CT molecular complexity index is 1880. The molecule has 0 atom stereocenters. The first-order valence-corrected chi connectivity index (χ1v) is 15.3. The number of nitrogens with one attached hydrogen (secondary N) is 2. The SMILES string of the molecule is Cc1cc(Nc2nccn3c(-c4ccc(OCC#N)c(F)c4F)cnc23)ccc1C(=O)N1CCC(C(=O)NCCCN(C)C(=O)O)CC1. The van der Waals surface area contributed by atoms with E-state index in [0.717, 1.165) is 5.56 Å². The summed E-state index contributed by atoms with van der Waals surface area (Å²) in [6.07, 6.45) is 5.03. The van der Waals surface area contributed by atoms with Crippen LogP contribution in [-0.4, -0.2) is 87.0 Å². The molecule has 3 heterocycles. The van der Waals surface area contributed by atoms with Crippen molar-refractivity contribution in [3.8, 4) is 23.1 Å². The number of likely N-dealkylation sites (tertiary alicyclic amines) is 1. The van der Waals surface area contributed by atoms with Crippen LogP contribution in [0.25, 0.3) is 16.9 Å². The number of anilines is 2. The van der Waals surface area contributed by atoms with Crippen molar-refractivity contribution in [2.75, 3.05) is 45.2 Å². The number of ether oxygens (including phenoxy) is 1. The van der Waals surface area contributed by atoms with Gasteiger partial charge in [0.05, 0.1) is 11.9 Å². The number of aryl methyl sites for hydroxylation is 1. The molecule has 2 aromatic heterocycles. The number of piperidine rings is 1. The smallest absolute Gasteiger partial charge is 0.407 e. The van der Waals surface area contributed by atoms with Crippen LogP contribution in [-0.2, 0) is 4.79 Å². The highest BCUT2D eigenvalue weighted by atomic mass is 19.2. The van der Waals surface area contributed by atoms with Crippen molar-refractivity contribution in [2.45, 2.75) is 26.2 Å². The molecular formula is C33H34F2N8O5. The highest BCUT2D eigenvalue weighted by molar-refractivity contribution is 5.96. The summed E-state index contributed by atoms with van der Waals surface area (Å²) in [6.45, 7) is 2.99. The van der Waals surface area contributed by atoms with Gasteiger partial charge in [-0.1, -0.05) is 0 Å². The fourth-order valence-corrected chi connectivity index (χ4v) is 5.56. The lowest BCUT2D eigenvalue weighted by Gasteiger charge is -2.32. The van der Waals surface area contributed by atoms with Crippen LogP contribution < -0.4 is 15.4 Å². The first-order valence-electron chi connectivity index (χ1n) is 15.3. The van der Waals surface area contributed by atoms with E-state index in [1.54, 1.807) is 39.8 Å². The Balaban J connectivity index is 1.21. The van der Waals surface area contributed by atoms with Crippen LogP contribution >= 0.6 is 0 Å². The molecule has 0 unspecified atom stereocenters. The average Bonchev–Trinajstić information content (AvgIpc) is 3.52. The van der Waals surface area contributed by atoms with Gasteiger partial charge >= 0.3 is 6.09 Å². The summed E-state index contributed by atoms with van der Waals surface area (Å²) in [5, 5.41) is 23.6. The Morgan fingerprint density at radius 2 is 1.92 bits per heavy atom. The summed E-state index contributed by atoms with van der Waals surface area (Å²) in [6, 6.07) is 9.59.